The summed E-state index contributed by atoms with van der Waals surface area (Å²) in [5.74, 6) is 1.64. The number of benzene rings is 1. The highest BCUT2D eigenvalue weighted by Crippen LogP contribution is 2.28. The van der Waals surface area contributed by atoms with E-state index in [4.69, 9.17) is 14.2 Å². The van der Waals surface area contributed by atoms with Crippen LogP contribution < -0.4 is 14.8 Å². The summed E-state index contributed by atoms with van der Waals surface area (Å²) >= 11 is 0. The molecule has 0 aromatic heterocycles. The molecule has 120 valence electrons. The third kappa shape index (κ3) is 7.34. The Morgan fingerprint density at radius 1 is 0.952 bits per heavy atom. The molecule has 0 aliphatic rings. The fourth-order valence-corrected chi connectivity index (χ4v) is 1.95. The van der Waals surface area contributed by atoms with Gasteiger partial charge in [-0.2, -0.15) is 0 Å². The number of nitrogens with one attached hydrogen (secondary N) is 1. The molecule has 4 heteroatoms. The van der Waals surface area contributed by atoms with Crippen LogP contribution in [0.1, 0.15) is 39.2 Å². The molecule has 0 amide bonds. The van der Waals surface area contributed by atoms with Gasteiger partial charge in [0.25, 0.3) is 0 Å². The van der Waals surface area contributed by atoms with Crippen molar-refractivity contribution in [2.75, 3.05) is 33.0 Å². The van der Waals surface area contributed by atoms with Crippen molar-refractivity contribution in [1.29, 1.82) is 0 Å². The van der Waals surface area contributed by atoms with Gasteiger partial charge in [0.15, 0.2) is 11.5 Å². The van der Waals surface area contributed by atoms with Crippen molar-refractivity contribution in [3.05, 3.63) is 23.8 Å². The second-order valence-corrected chi connectivity index (χ2v) is 4.79. The van der Waals surface area contributed by atoms with Crippen LogP contribution in [0.2, 0.25) is 0 Å². The zero-order chi connectivity index (χ0) is 15.3. The molecule has 21 heavy (non-hydrogen) atoms. The molecule has 0 fully saturated rings. The van der Waals surface area contributed by atoms with Gasteiger partial charge in [-0.25, -0.2) is 0 Å². The number of hydrogen-bond acceptors (Lipinski definition) is 4. The molecular weight excluding hydrogens is 266 g/mol. The minimum atomic E-state index is 0.640. The molecule has 0 saturated heterocycles. The molecule has 0 heterocycles. The molecule has 1 aromatic carbocycles. The van der Waals surface area contributed by atoms with Crippen LogP contribution in [0.5, 0.6) is 11.5 Å². The molecule has 4 nitrogen and oxygen atoms in total. The Labute approximate surface area is 128 Å². The van der Waals surface area contributed by atoms with Crippen LogP contribution >= 0.6 is 0 Å². The van der Waals surface area contributed by atoms with E-state index in [1.807, 2.05) is 19.9 Å². The van der Waals surface area contributed by atoms with Gasteiger partial charge in [-0.1, -0.05) is 13.0 Å². The second kappa shape index (κ2) is 11.4. The normalized spacial score (nSPS) is 10.6. The third-order valence-corrected chi connectivity index (χ3v) is 2.96. The van der Waals surface area contributed by atoms with Crippen LogP contribution in [0.3, 0.4) is 0 Å². The molecule has 0 radical (unpaired) electrons. The summed E-state index contributed by atoms with van der Waals surface area (Å²) in [5.41, 5.74) is 1.22. The van der Waals surface area contributed by atoms with Gasteiger partial charge in [-0.3, -0.25) is 0 Å². The molecule has 0 spiro atoms. The van der Waals surface area contributed by atoms with E-state index in [2.05, 4.69) is 24.4 Å². The van der Waals surface area contributed by atoms with E-state index in [0.717, 1.165) is 50.6 Å². The maximum absolute atomic E-state index is 5.79. The fourth-order valence-electron chi connectivity index (χ4n) is 1.95. The fraction of sp³-hybridized carbons (Fsp3) is 0.647. The highest BCUT2D eigenvalue weighted by atomic mass is 16.5. The van der Waals surface area contributed by atoms with Gasteiger partial charge in [0, 0.05) is 26.2 Å². The van der Waals surface area contributed by atoms with Crippen LogP contribution in [0, 0.1) is 0 Å². The molecule has 0 saturated carbocycles. The Bertz CT molecular complexity index is 382. The standard InChI is InChI=1S/C17H29NO3/c1-4-10-18-14-15-8-9-16(17(13-15)20-6-3)21-12-7-11-19-5-2/h8-9,13,18H,4-7,10-12,14H2,1-3H3. The number of rotatable bonds is 12. The molecule has 0 bridgehead atoms. The first-order valence-corrected chi connectivity index (χ1v) is 7.98. The lowest BCUT2D eigenvalue weighted by Gasteiger charge is -2.13. The van der Waals surface area contributed by atoms with Gasteiger partial charge in [0.2, 0.25) is 0 Å². The van der Waals surface area contributed by atoms with Crippen molar-refractivity contribution in [2.24, 2.45) is 0 Å². The van der Waals surface area contributed by atoms with Crippen LogP contribution in [0.25, 0.3) is 0 Å². The van der Waals surface area contributed by atoms with Gasteiger partial charge in [0.05, 0.1) is 13.2 Å². The van der Waals surface area contributed by atoms with Crippen LogP contribution in [-0.2, 0) is 11.3 Å². The average Bonchev–Trinajstić information content (AvgIpc) is 2.49. The van der Waals surface area contributed by atoms with Crippen molar-refractivity contribution in [1.82, 2.24) is 5.32 Å². The summed E-state index contributed by atoms with van der Waals surface area (Å²) in [5, 5.41) is 3.39. The summed E-state index contributed by atoms with van der Waals surface area (Å²) < 4.78 is 16.8. The Morgan fingerprint density at radius 2 is 1.81 bits per heavy atom. The Hall–Kier alpha value is -1.26. The zero-order valence-corrected chi connectivity index (χ0v) is 13.6. The van der Waals surface area contributed by atoms with E-state index < -0.39 is 0 Å². The molecule has 0 atom stereocenters. The SMILES string of the molecule is CCCNCc1ccc(OCCCOCC)c(OCC)c1. The topological polar surface area (TPSA) is 39.7 Å². The lowest BCUT2D eigenvalue weighted by molar-refractivity contribution is 0.130. The molecule has 1 aromatic rings. The predicted molar refractivity (Wildman–Crippen MR) is 86.2 cm³/mol. The highest BCUT2D eigenvalue weighted by Gasteiger charge is 2.06. The number of ether oxygens (including phenoxy) is 3. The summed E-state index contributed by atoms with van der Waals surface area (Å²) in [4.78, 5) is 0. The van der Waals surface area contributed by atoms with Crippen LogP contribution in [0.4, 0.5) is 0 Å². The van der Waals surface area contributed by atoms with E-state index in [9.17, 15) is 0 Å². The zero-order valence-electron chi connectivity index (χ0n) is 13.6. The van der Waals surface area contributed by atoms with Gasteiger partial charge < -0.3 is 19.5 Å². The lowest BCUT2D eigenvalue weighted by Crippen LogP contribution is -2.14. The van der Waals surface area contributed by atoms with E-state index in [1.54, 1.807) is 0 Å². The average molecular weight is 295 g/mol. The molecule has 1 N–H and O–H groups in total. The first-order valence-electron chi connectivity index (χ1n) is 7.98. The van der Waals surface area contributed by atoms with Gasteiger partial charge in [-0.15, -0.1) is 0 Å². The van der Waals surface area contributed by atoms with Crippen molar-refractivity contribution < 1.29 is 14.2 Å². The Kier molecular flexibility index (Phi) is 9.66. The van der Waals surface area contributed by atoms with Crippen molar-refractivity contribution in [2.45, 2.75) is 40.2 Å². The molecule has 1 rings (SSSR count). The minimum absolute atomic E-state index is 0.640. The smallest absolute Gasteiger partial charge is 0.161 e. The number of hydrogen-bond donors (Lipinski definition) is 1. The first kappa shape index (κ1) is 17.8. The van der Waals surface area contributed by atoms with E-state index in [-0.39, 0.29) is 0 Å². The second-order valence-electron chi connectivity index (χ2n) is 4.79. The Morgan fingerprint density at radius 3 is 2.52 bits per heavy atom. The third-order valence-electron chi connectivity index (χ3n) is 2.96. The van der Waals surface area contributed by atoms with Gasteiger partial charge in [-0.05, 0) is 44.5 Å². The highest BCUT2D eigenvalue weighted by molar-refractivity contribution is 5.43. The summed E-state index contributed by atoms with van der Waals surface area (Å²) in [6.45, 7) is 10.8. The molecular formula is C17H29NO3. The largest absolute Gasteiger partial charge is 0.490 e. The Balaban J connectivity index is 2.52. The molecule has 0 aliphatic heterocycles. The van der Waals surface area contributed by atoms with Crippen molar-refractivity contribution in [3.63, 3.8) is 0 Å². The van der Waals surface area contributed by atoms with Gasteiger partial charge >= 0.3 is 0 Å². The summed E-state index contributed by atoms with van der Waals surface area (Å²) in [6, 6.07) is 6.14. The molecule has 0 aliphatic carbocycles. The van der Waals surface area contributed by atoms with E-state index >= 15 is 0 Å². The van der Waals surface area contributed by atoms with Gasteiger partial charge in [0.1, 0.15) is 0 Å². The predicted octanol–water partition coefficient (Wildman–Crippen LogP) is 3.39. The minimum Gasteiger partial charge on any atom is -0.490 e. The first-order chi connectivity index (χ1) is 10.3. The maximum Gasteiger partial charge on any atom is 0.161 e. The molecule has 0 unspecified atom stereocenters. The monoisotopic (exact) mass is 295 g/mol. The van der Waals surface area contributed by atoms with Crippen LogP contribution in [0.15, 0.2) is 18.2 Å². The quantitative estimate of drug-likeness (QED) is 0.600. The lowest BCUT2D eigenvalue weighted by atomic mass is 10.2. The van der Waals surface area contributed by atoms with Crippen molar-refractivity contribution in [3.8, 4) is 11.5 Å². The maximum atomic E-state index is 5.79. The van der Waals surface area contributed by atoms with Crippen LogP contribution in [-0.4, -0.2) is 33.0 Å². The van der Waals surface area contributed by atoms with Crippen molar-refractivity contribution >= 4 is 0 Å². The summed E-state index contributed by atoms with van der Waals surface area (Å²) in [6.07, 6.45) is 2.03. The van der Waals surface area contributed by atoms with E-state index in [0.29, 0.717) is 13.2 Å². The van der Waals surface area contributed by atoms with E-state index in [1.165, 1.54) is 5.56 Å². The summed E-state index contributed by atoms with van der Waals surface area (Å²) in [7, 11) is 0.